The molecule has 0 radical (unpaired) electrons. The van der Waals surface area contributed by atoms with Crippen molar-refractivity contribution in [3.63, 3.8) is 0 Å². The van der Waals surface area contributed by atoms with Crippen LogP contribution < -0.4 is 0 Å². The zero-order valence-electron chi connectivity index (χ0n) is 3.15. The normalized spacial score (nSPS) is 20.8. The molecule has 0 nitrogen and oxygen atoms in total. The van der Waals surface area contributed by atoms with Gasteiger partial charge in [0.25, 0.3) is 0 Å². The van der Waals surface area contributed by atoms with Crippen molar-refractivity contribution in [1.82, 2.24) is 0 Å². The average molecular weight is 177 g/mol. The van der Waals surface area contributed by atoms with E-state index in [1.54, 1.807) is 4.37 Å². The summed E-state index contributed by atoms with van der Waals surface area (Å²) in [6.45, 7) is 0. The fourth-order valence-corrected chi connectivity index (χ4v) is 3.06. The van der Waals surface area contributed by atoms with Gasteiger partial charge in [-0.3, -0.25) is 0 Å². The quantitative estimate of drug-likeness (QED) is 0.477. The van der Waals surface area contributed by atoms with Gasteiger partial charge in [0.05, 0.1) is 0 Å². The van der Waals surface area contributed by atoms with Crippen LogP contribution in [0.4, 0.5) is 0 Å². The Balaban J connectivity index is 2.32. The fraction of sp³-hybridized carbons (Fsp3) is 0.750. The van der Waals surface area contributed by atoms with Gasteiger partial charge in [0.2, 0.25) is 0 Å². The van der Waals surface area contributed by atoms with Crippen LogP contribution >= 0.6 is 0 Å². The first-order valence-corrected chi connectivity index (χ1v) is 5.26. The van der Waals surface area contributed by atoms with Gasteiger partial charge < -0.3 is 0 Å². The van der Waals surface area contributed by atoms with Crippen LogP contribution in [0.15, 0.2) is 0 Å². The summed E-state index contributed by atoms with van der Waals surface area (Å²) in [6.07, 6.45) is 2.95. The van der Waals surface area contributed by atoms with E-state index in [0.717, 1.165) is 0 Å². The summed E-state index contributed by atoms with van der Waals surface area (Å²) in [7, 11) is 0. The van der Waals surface area contributed by atoms with Gasteiger partial charge in [-0.25, -0.2) is 0 Å². The Bertz CT molecular complexity index is 41.6. The molecule has 1 aliphatic rings. The molecule has 0 amide bonds. The Morgan fingerprint density at radius 3 is 2.80 bits per heavy atom. The van der Waals surface area contributed by atoms with Crippen molar-refractivity contribution in [2.24, 2.45) is 0 Å². The number of rotatable bonds is 0. The molecule has 0 aromatic carbocycles. The minimum atomic E-state index is 0.342. The topological polar surface area (TPSA) is 0 Å². The van der Waals surface area contributed by atoms with Crippen molar-refractivity contribution < 1.29 is 0 Å². The zero-order chi connectivity index (χ0) is 3.54. The molecule has 0 saturated heterocycles. The molecule has 0 unspecified atom stereocenters. The molecule has 0 aromatic rings. The molecule has 1 heteroatoms. The molecule has 0 saturated carbocycles. The van der Waals surface area contributed by atoms with E-state index in [4.69, 9.17) is 0 Å². The molecule has 0 bridgehead atoms. The second-order valence-corrected chi connectivity index (χ2v) is 4.59. The molecular formula is C4H7Sb. The summed E-state index contributed by atoms with van der Waals surface area (Å²) in [6, 6.07) is 0. The first-order chi connectivity index (χ1) is 2.50. The van der Waals surface area contributed by atoms with Crippen molar-refractivity contribution >= 4 is 25.1 Å². The van der Waals surface area contributed by atoms with Crippen LogP contribution in [0.25, 0.3) is 0 Å². The predicted octanol–water partition coefficient (Wildman–Crippen LogP) is 0.705. The summed E-state index contributed by atoms with van der Waals surface area (Å²) < 4.78 is 4.11. The fourth-order valence-electron chi connectivity index (χ4n) is 0.456. The van der Waals surface area contributed by atoms with Crippen molar-refractivity contribution in [3.8, 4) is 0 Å². The van der Waals surface area contributed by atoms with E-state index in [9.17, 15) is 0 Å². The van der Waals surface area contributed by atoms with E-state index in [-0.39, 0.29) is 0 Å². The molecule has 0 fully saturated rings. The molecule has 0 atom stereocenters. The van der Waals surface area contributed by atoms with Crippen LogP contribution in [0, 0.1) is 0 Å². The maximum absolute atomic E-state index is 2.51. The SMILES string of the molecule is [CH]1=[Sb][CH2]CC1. The Morgan fingerprint density at radius 2 is 2.60 bits per heavy atom. The third-order valence-corrected chi connectivity index (χ3v) is 3.86. The van der Waals surface area contributed by atoms with Crippen LogP contribution in [0.2, 0.25) is 4.37 Å². The summed E-state index contributed by atoms with van der Waals surface area (Å²) in [5, 5.41) is 0. The molecule has 0 aromatic heterocycles. The van der Waals surface area contributed by atoms with Crippen LogP contribution in [-0.2, 0) is 0 Å². The standard InChI is InChI=1S/C4H7.Sb/c1-3-4-2;/h1H,2-4H2;. The van der Waals surface area contributed by atoms with Gasteiger partial charge in [-0.05, 0) is 0 Å². The predicted molar refractivity (Wildman–Crippen MR) is 25.9 cm³/mol. The van der Waals surface area contributed by atoms with Crippen LogP contribution in [-0.4, -0.2) is 25.1 Å². The van der Waals surface area contributed by atoms with E-state index < -0.39 is 0 Å². The van der Waals surface area contributed by atoms with Gasteiger partial charge in [-0.1, -0.05) is 0 Å². The monoisotopic (exact) mass is 176 g/mol. The second kappa shape index (κ2) is 1.97. The molecule has 0 N–H and O–H groups in total. The van der Waals surface area contributed by atoms with Crippen LogP contribution in [0.3, 0.4) is 0 Å². The van der Waals surface area contributed by atoms with E-state index in [1.807, 2.05) is 0 Å². The molecule has 0 aliphatic carbocycles. The Kier molecular flexibility index (Phi) is 1.52. The van der Waals surface area contributed by atoms with Gasteiger partial charge in [0.1, 0.15) is 0 Å². The number of hydrogen-bond donors (Lipinski definition) is 0. The van der Waals surface area contributed by atoms with Gasteiger partial charge in [-0.15, -0.1) is 0 Å². The van der Waals surface area contributed by atoms with Gasteiger partial charge in [-0.2, -0.15) is 0 Å². The van der Waals surface area contributed by atoms with Gasteiger partial charge >= 0.3 is 42.3 Å². The van der Waals surface area contributed by atoms with Gasteiger partial charge in [0.15, 0.2) is 0 Å². The van der Waals surface area contributed by atoms with E-state index >= 15 is 0 Å². The van der Waals surface area contributed by atoms with Crippen molar-refractivity contribution in [2.75, 3.05) is 0 Å². The summed E-state index contributed by atoms with van der Waals surface area (Å²) >= 11 is 0.342. The van der Waals surface area contributed by atoms with Gasteiger partial charge in [0, 0.05) is 0 Å². The van der Waals surface area contributed by atoms with Crippen LogP contribution in [0.5, 0.6) is 0 Å². The van der Waals surface area contributed by atoms with E-state index in [2.05, 4.69) is 3.95 Å². The minimum absolute atomic E-state index is 0.342. The van der Waals surface area contributed by atoms with Crippen LogP contribution in [0.1, 0.15) is 12.8 Å². The summed E-state index contributed by atoms with van der Waals surface area (Å²) in [5.41, 5.74) is 0. The average Bonchev–Trinajstić information content (AvgIpc) is 1.76. The Hall–Kier alpha value is 0.688. The number of hydrogen-bond acceptors (Lipinski definition) is 0. The molecule has 1 aliphatic heterocycles. The first kappa shape index (κ1) is 3.86. The molecule has 1 rings (SSSR count). The Labute approximate surface area is 42.6 Å². The molecular weight excluding hydrogens is 170 g/mol. The van der Waals surface area contributed by atoms with E-state index in [1.165, 1.54) is 12.8 Å². The van der Waals surface area contributed by atoms with Crippen molar-refractivity contribution in [3.05, 3.63) is 0 Å². The molecule has 1 heterocycles. The van der Waals surface area contributed by atoms with Crippen molar-refractivity contribution in [2.45, 2.75) is 17.2 Å². The second-order valence-electron chi connectivity index (χ2n) is 1.23. The maximum atomic E-state index is 2.51. The third kappa shape index (κ3) is 1.05. The molecule has 5 heavy (non-hydrogen) atoms. The summed E-state index contributed by atoms with van der Waals surface area (Å²) in [4.78, 5) is 0. The zero-order valence-corrected chi connectivity index (χ0v) is 5.70. The van der Waals surface area contributed by atoms with Crippen molar-refractivity contribution in [1.29, 1.82) is 0 Å². The molecule has 0 spiro atoms. The van der Waals surface area contributed by atoms with E-state index in [0.29, 0.717) is 21.1 Å². The Morgan fingerprint density at radius 1 is 1.60 bits per heavy atom. The molecule has 28 valence electrons. The first-order valence-electron chi connectivity index (χ1n) is 1.98. The summed E-state index contributed by atoms with van der Waals surface area (Å²) in [5.74, 6) is 0. The third-order valence-electron chi connectivity index (χ3n) is 0.750.